The number of rotatable bonds is 9. The Balaban J connectivity index is 0.00000625. The van der Waals surface area contributed by atoms with Gasteiger partial charge in [-0.3, -0.25) is 4.57 Å². The molecule has 350 valence electrons. The number of nitrogens with zero attached hydrogens (tertiary/aromatic N) is 4. The first-order chi connectivity index (χ1) is 31.6. The third-order valence-corrected chi connectivity index (χ3v) is 13.5. The molecule has 0 radical (unpaired) electrons. The zero-order chi connectivity index (χ0) is 47.7. The van der Waals surface area contributed by atoms with E-state index >= 15 is 0 Å². The summed E-state index contributed by atoms with van der Waals surface area (Å²) < 4.78 is 13.7. The number of pyridine rings is 1. The molecule has 0 aliphatic carbocycles. The van der Waals surface area contributed by atoms with Crippen LogP contribution < -0.4 is 9.30 Å². The van der Waals surface area contributed by atoms with Crippen molar-refractivity contribution >= 4 is 21.8 Å². The average molecular weight is 1080 g/mol. The number of imidazole rings is 1. The van der Waals surface area contributed by atoms with Crippen LogP contribution in [0.1, 0.15) is 129 Å². The zero-order valence-electron chi connectivity index (χ0n) is 41.9. The minimum atomic E-state index is -0.403. The van der Waals surface area contributed by atoms with E-state index in [0.717, 1.165) is 50.3 Å². The summed E-state index contributed by atoms with van der Waals surface area (Å²) >= 11 is 0. The Bertz CT molecular complexity index is 3260. The third-order valence-electron chi connectivity index (χ3n) is 13.5. The summed E-state index contributed by atoms with van der Waals surface area (Å²) in [5, 5.41) is 2.27. The Morgan fingerprint density at radius 2 is 1.15 bits per heavy atom. The van der Waals surface area contributed by atoms with Crippen molar-refractivity contribution in [3.63, 3.8) is 0 Å². The van der Waals surface area contributed by atoms with Gasteiger partial charge in [0.15, 0.2) is 0 Å². The Labute approximate surface area is 419 Å². The Hall–Kier alpha value is -6.03. The minimum absolute atomic E-state index is 0. The molecule has 0 bridgehead atoms. The average Bonchev–Trinajstić information content (AvgIpc) is 3.88. The van der Waals surface area contributed by atoms with Gasteiger partial charge >= 0.3 is 0 Å². The molecule has 5 nitrogen and oxygen atoms in total. The van der Waals surface area contributed by atoms with Crippen molar-refractivity contribution in [3.05, 3.63) is 209 Å². The zero-order valence-corrected chi connectivity index (χ0v) is 44.2. The second kappa shape index (κ2) is 17.8. The number of para-hydroxylation sites is 1. The summed E-state index contributed by atoms with van der Waals surface area (Å²) in [6, 6.07) is 59.2. The predicted octanol–water partition coefficient (Wildman–Crippen LogP) is 15.0. The summed E-state index contributed by atoms with van der Waals surface area (Å²) in [4.78, 5) is 5.00. The molecule has 6 heteroatoms. The van der Waals surface area contributed by atoms with E-state index in [2.05, 4.69) is 262 Å². The molecule has 0 saturated carbocycles. The van der Waals surface area contributed by atoms with Crippen molar-refractivity contribution in [2.45, 2.75) is 117 Å². The number of hydrogen-bond acceptors (Lipinski definition) is 2. The molecular weight excluding hydrogens is 1010 g/mol. The topological polar surface area (TPSA) is 35.9 Å². The van der Waals surface area contributed by atoms with E-state index in [1.165, 1.54) is 27.9 Å². The van der Waals surface area contributed by atoms with Crippen LogP contribution in [0.2, 0.25) is 0 Å². The summed E-state index contributed by atoms with van der Waals surface area (Å²) in [5.41, 5.74) is 11.2. The standard InChI is InChI=1S/C62H64N4O.Pt/c1-58(2,3)44-34-35-63-54(37-44)66-52-33-21-20-32-50(52)55-51(62(12,13)43-26-18-15-19-27-43)39-49(40-53(55)66)67-48-31-23-30-47(38-48)65-41-64(56(59(4,5)6)57(65)60(7,8)9)46-29-22-28-45(36-46)61(10,11)42-24-16-14-17-25-42;/h14-37,39H,1-13H3;/q-2;. The van der Waals surface area contributed by atoms with Gasteiger partial charge in [0.2, 0.25) is 0 Å². The predicted molar refractivity (Wildman–Crippen MR) is 276 cm³/mol. The van der Waals surface area contributed by atoms with Gasteiger partial charge in [0.25, 0.3) is 6.33 Å². The van der Waals surface area contributed by atoms with Gasteiger partial charge in [-0.15, -0.1) is 29.8 Å². The fourth-order valence-electron chi connectivity index (χ4n) is 9.74. The molecule has 0 aliphatic heterocycles. The van der Waals surface area contributed by atoms with E-state index in [9.17, 15) is 0 Å². The van der Waals surface area contributed by atoms with Gasteiger partial charge in [-0.25, -0.2) is 4.98 Å². The van der Waals surface area contributed by atoms with Crippen molar-refractivity contribution in [1.82, 2.24) is 14.1 Å². The molecule has 0 saturated heterocycles. The van der Waals surface area contributed by atoms with Crippen molar-refractivity contribution < 1.29 is 30.4 Å². The van der Waals surface area contributed by atoms with E-state index in [4.69, 9.17) is 9.72 Å². The summed E-state index contributed by atoms with van der Waals surface area (Å²) in [6.45, 7) is 29.7. The smallest absolute Gasteiger partial charge is 0.267 e. The van der Waals surface area contributed by atoms with E-state index < -0.39 is 5.41 Å². The van der Waals surface area contributed by atoms with E-state index in [1.54, 1.807) is 0 Å². The van der Waals surface area contributed by atoms with Crippen LogP contribution in [0.5, 0.6) is 11.5 Å². The van der Waals surface area contributed by atoms with Gasteiger partial charge in [-0.05, 0) is 85.3 Å². The van der Waals surface area contributed by atoms with Gasteiger partial charge in [0.05, 0.1) is 17.1 Å². The maximum atomic E-state index is 7.02. The van der Waals surface area contributed by atoms with Gasteiger partial charge in [-0.2, -0.15) is 12.1 Å². The van der Waals surface area contributed by atoms with Crippen molar-refractivity contribution in [3.8, 4) is 28.7 Å². The molecule has 0 atom stereocenters. The van der Waals surface area contributed by atoms with Crippen LogP contribution in [0.3, 0.4) is 0 Å². The number of aromatic nitrogens is 4. The molecule has 3 aromatic heterocycles. The molecule has 0 unspecified atom stereocenters. The molecular formula is C62H64N4OPt-2. The first-order valence-electron chi connectivity index (χ1n) is 23.6. The second-order valence-corrected chi connectivity index (χ2v) is 22.3. The molecule has 68 heavy (non-hydrogen) atoms. The van der Waals surface area contributed by atoms with Gasteiger partial charge in [-0.1, -0.05) is 192 Å². The molecule has 0 spiro atoms. The van der Waals surface area contributed by atoms with Gasteiger partial charge < -0.3 is 13.9 Å². The van der Waals surface area contributed by atoms with Crippen molar-refractivity contribution in [2.24, 2.45) is 0 Å². The molecule has 9 rings (SSSR count). The monoisotopic (exact) mass is 1080 g/mol. The van der Waals surface area contributed by atoms with Crippen LogP contribution in [-0.2, 0) is 48.1 Å². The van der Waals surface area contributed by atoms with Gasteiger partial charge in [0, 0.05) is 49.7 Å². The van der Waals surface area contributed by atoms with Crippen LogP contribution in [-0.4, -0.2) is 14.1 Å². The van der Waals surface area contributed by atoms with Crippen LogP contribution in [0.25, 0.3) is 39.0 Å². The number of hydrogen-bond donors (Lipinski definition) is 0. The molecule has 6 aromatic carbocycles. The summed E-state index contributed by atoms with van der Waals surface area (Å²) in [6.07, 6.45) is 5.78. The Kier molecular flexibility index (Phi) is 12.7. The normalized spacial score (nSPS) is 12.7. The molecule has 0 amide bonds. The molecule has 9 aromatic rings. The quantitative estimate of drug-likeness (QED) is 0.107. The fraction of sp³-hybridized carbons (Fsp3) is 0.290. The van der Waals surface area contributed by atoms with Crippen LogP contribution >= 0.6 is 0 Å². The second-order valence-electron chi connectivity index (χ2n) is 22.3. The summed E-state index contributed by atoms with van der Waals surface area (Å²) in [5.74, 6) is 2.04. The SMILES string of the molecule is CC(C)(C)c1ccnc(-n2c3[c-]c(Oc4[c-]c(-n5[c-][n+](-c6cccc(C(C)(C)c7ccccc7)c6)c(C(C)(C)C)c5C(C)(C)C)ccc4)cc(C(C)(C)c4ccccc4)c3c3ccccc32)c1.[Pt]. The van der Waals surface area contributed by atoms with Crippen molar-refractivity contribution in [2.75, 3.05) is 0 Å². The largest absolute Gasteiger partial charge is 0.510 e. The molecule has 0 N–H and O–H groups in total. The van der Waals surface area contributed by atoms with Crippen LogP contribution in [0, 0.1) is 18.5 Å². The van der Waals surface area contributed by atoms with Crippen LogP contribution in [0.4, 0.5) is 0 Å². The van der Waals surface area contributed by atoms with Gasteiger partial charge in [0.1, 0.15) is 5.82 Å². The first kappa shape index (κ1) is 48.4. The summed E-state index contributed by atoms with van der Waals surface area (Å²) in [7, 11) is 0. The first-order valence-corrected chi connectivity index (χ1v) is 23.6. The minimum Gasteiger partial charge on any atom is -0.510 e. The van der Waals surface area contributed by atoms with Crippen LogP contribution in [0.15, 0.2) is 152 Å². The van der Waals surface area contributed by atoms with Crippen molar-refractivity contribution in [1.29, 1.82) is 0 Å². The third kappa shape index (κ3) is 8.91. The number of fused-ring (bicyclic) bond motifs is 3. The van der Waals surface area contributed by atoms with E-state index in [0.29, 0.717) is 11.5 Å². The number of benzene rings is 6. The Morgan fingerprint density at radius 3 is 1.79 bits per heavy atom. The fourth-order valence-corrected chi connectivity index (χ4v) is 9.74. The molecule has 3 heterocycles. The van der Waals surface area contributed by atoms with E-state index in [1.807, 2.05) is 12.3 Å². The molecule has 0 fully saturated rings. The Morgan fingerprint density at radius 1 is 0.529 bits per heavy atom. The maximum Gasteiger partial charge on any atom is 0.267 e. The maximum absolute atomic E-state index is 7.02. The number of ether oxygens (including phenoxy) is 1. The van der Waals surface area contributed by atoms with E-state index in [-0.39, 0.29) is 42.7 Å². The molecule has 0 aliphatic rings.